The summed E-state index contributed by atoms with van der Waals surface area (Å²) in [7, 11) is 0. The van der Waals surface area contributed by atoms with Crippen molar-refractivity contribution in [1.29, 1.82) is 0 Å². The highest BCUT2D eigenvalue weighted by molar-refractivity contribution is 5.92. The highest BCUT2D eigenvalue weighted by atomic mass is 16.4. The molecular formula is C16H28N6O8. The molecule has 30 heavy (non-hydrogen) atoms. The molecule has 2 amide bonds. The fourth-order valence-corrected chi connectivity index (χ4v) is 2.26. The lowest BCUT2D eigenvalue weighted by Gasteiger charge is -2.22. The van der Waals surface area contributed by atoms with E-state index in [1.165, 1.54) is 0 Å². The molecule has 0 aromatic heterocycles. The minimum Gasteiger partial charge on any atom is -0.481 e. The summed E-state index contributed by atoms with van der Waals surface area (Å²) in [6.45, 7) is 0.133. The maximum absolute atomic E-state index is 12.5. The molecule has 0 spiro atoms. The van der Waals surface area contributed by atoms with Gasteiger partial charge >= 0.3 is 17.9 Å². The van der Waals surface area contributed by atoms with Crippen LogP contribution in [0, 0.1) is 0 Å². The lowest BCUT2D eigenvalue weighted by atomic mass is 10.1. The summed E-state index contributed by atoms with van der Waals surface area (Å²) in [5.41, 5.74) is 16.0. The van der Waals surface area contributed by atoms with Crippen LogP contribution in [0.2, 0.25) is 0 Å². The zero-order valence-corrected chi connectivity index (χ0v) is 16.2. The smallest absolute Gasteiger partial charge is 0.326 e. The Hall–Kier alpha value is -3.42. The Morgan fingerprint density at radius 3 is 1.83 bits per heavy atom. The molecule has 3 atom stereocenters. The van der Waals surface area contributed by atoms with Gasteiger partial charge in [0.15, 0.2) is 5.96 Å². The van der Waals surface area contributed by atoms with Gasteiger partial charge in [0.05, 0.1) is 6.04 Å². The second kappa shape index (κ2) is 13.7. The number of nitrogens with zero attached hydrogens (tertiary/aromatic N) is 1. The van der Waals surface area contributed by atoms with Gasteiger partial charge in [0.2, 0.25) is 11.8 Å². The van der Waals surface area contributed by atoms with Crippen molar-refractivity contribution >= 4 is 35.7 Å². The zero-order chi connectivity index (χ0) is 23.3. The zero-order valence-electron chi connectivity index (χ0n) is 16.2. The summed E-state index contributed by atoms with van der Waals surface area (Å²) in [6.07, 6.45) is -1.10. The van der Waals surface area contributed by atoms with Crippen molar-refractivity contribution in [2.24, 2.45) is 22.2 Å². The number of nitrogens with one attached hydrogen (secondary N) is 2. The van der Waals surface area contributed by atoms with Crippen LogP contribution in [0.15, 0.2) is 4.99 Å². The number of nitrogens with two attached hydrogens (primary N) is 3. The summed E-state index contributed by atoms with van der Waals surface area (Å²) in [4.78, 5) is 60.9. The van der Waals surface area contributed by atoms with Crippen LogP contribution < -0.4 is 27.8 Å². The molecule has 0 aliphatic heterocycles. The molecule has 11 N–H and O–H groups in total. The first-order valence-electron chi connectivity index (χ1n) is 9.02. The predicted molar refractivity (Wildman–Crippen MR) is 103 cm³/mol. The molecule has 0 saturated carbocycles. The van der Waals surface area contributed by atoms with E-state index >= 15 is 0 Å². The Morgan fingerprint density at radius 2 is 1.33 bits per heavy atom. The average Bonchev–Trinajstić information content (AvgIpc) is 2.64. The van der Waals surface area contributed by atoms with E-state index in [-0.39, 0.29) is 44.6 Å². The molecule has 0 aromatic carbocycles. The van der Waals surface area contributed by atoms with E-state index in [2.05, 4.69) is 15.6 Å². The Balaban J connectivity index is 5.14. The molecule has 0 aliphatic carbocycles. The number of amides is 2. The maximum atomic E-state index is 12.5. The second-order valence-electron chi connectivity index (χ2n) is 6.38. The summed E-state index contributed by atoms with van der Waals surface area (Å²) in [5, 5.41) is 31.1. The number of carboxylic acids is 3. The molecule has 0 saturated heterocycles. The van der Waals surface area contributed by atoms with Gasteiger partial charge in [-0.2, -0.15) is 0 Å². The van der Waals surface area contributed by atoms with Crippen LogP contribution in [0.25, 0.3) is 0 Å². The van der Waals surface area contributed by atoms with Gasteiger partial charge in [-0.3, -0.25) is 24.2 Å². The molecule has 0 aromatic rings. The number of aliphatic carboxylic acids is 3. The molecule has 0 rings (SSSR count). The molecule has 170 valence electrons. The van der Waals surface area contributed by atoms with Gasteiger partial charge < -0.3 is 43.2 Å². The van der Waals surface area contributed by atoms with E-state index in [4.69, 9.17) is 32.5 Å². The molecule has 3 unspecified atom stereocenters. The Labute approximate surface area is 171 Å². The van der Waals surface area contributed by atoms with Crippen molar-refractivity contribution in [3.05, 3.63) is 0 Å². The van der Waals surface area contributed by atoms with Gasteiger partial charge in [0, 0.05) is 19.4 Å². The number of aliphatic imine (C=N–C) groups is 1. The lowest BCUT2D eigenvalue weighted by Crippen LogP contribution is -2.54. The molecule has 0 radical (unpaired) electrons. The van der Waals surface area contributed by atoms with Crippen LogP contribution >= 0.6 is 0 Å². The third kappa shape index (κ3) is 12.1. The second-order valence-corrected chi connectivity index (χ2v) is 6.38. The summed E-state index contributed by atoms with van der Waals surface area (Å²) in [5.74, 6) is -5.65. The quantitative estimate of drug-likeness (QED) is 0.0741. The van der Waals surface area contributed by atoms with E-state index in [0.29, 0.717) is 0 Å². The van der Waals surface area contributed by atoms with Gasteiger partial charge in [-0.25, -0.2) is 4.79 Å². The molecule has 14 heteroatoms. The maximum Gasteiger partial charge on any atom is 0.326 e. The highest BCUT2D eigenvalue weighted by Crippen LogP contribution is 2.04. The van der Waals surface area contributed by atoms with Gasteiger partial charge in [0.1, 0.15) is 12.1 Å². The third-order valence-corrected chi connectivity index (χ3v) is 3.85. The van der Waals surface area contributed by atoms with Crippen molar-refractivity contribution < 1.29 is 39.3 Å². The standard InChI is InChI=1S/C16H28N6O8/c17-8(3-5-11(23)24)13(27)21-9(2-1-7-20-16(18)19)14(28)22-10(15(29)30)4-6-12(25)26/h8-10H,1-7,17H2,(H,21,27)(H,22,28)(H,23,24)(H,25,26)(H,29,30)(H4,18,19,20). The Kier molecular flexibility index (Phi) is 12.1. The number of guanidine groups is 1. The van der Waals surface area contributed by atoms with E-state index < -0.39 is 54.3 Å². The Morgan fingerprint density at radius 1 is 0.800 bits per heavy atom. The van der Waals surface area contributed by atoms with Crippen LogP contribution in [-0.2, 0) is 24.0 Å². The van der Waals surface area contributed by atoms with Gasteiger partial charge in [-0.05, 0) is 25.7 Å². The van der Waals surface area contributed by atoms with Crippen molar-refractivity contribution in [2.45, 2.75) is 56.7 Å². The van der Waals surface area contributed by atoms with Crippen molar-refractivity contribution in [3.8, 4) is 0 Å². The van der Waals surface area contributed by atoms with Gasteiger partial charge in [-0.15, -0.1) is 0 Å². The minimum atomic E-state index is -1.48. The molecule has 0 fully saturated rings. The van der Waals surface area contributed by atoms with Crippen LogP contribution in [0.3, 0.4) is 0 Å². The first-order chi connectivity index (χ1) is 13.9. The average molecular weight is 432 g/mol. The predicted octanol–water partition coefficient (Wildman–Crippen LogP) is -2.85. The normalized spacial score (nSPS) is 13.4. The van der Waals surface area contributed by atoms with Crippen molar-refractivity contribution in [1.82, 2.24) is 10.6 Å². The lowest BCUT2D eigenvalue weighted by molar-refractivity contribution is -0.143. The first-order valence-corrected chi connectivity index (χ1v) is 9.02. The third-order valence-electron chi connectivity index (χ3n) is 3.85. The summed E-state index contributed by atoms with van der Waals surface area (Å²) < 4.78 is 0. The van der Waals surface area contributed by atoms with E-state index in [9.17, 15) is 24.0 Å². The van der Waals surface area contributed by atoms with Crippen LogP contribution in [0.5, 0.6) is 0 Å². The summed E-state index contributed by atoms with van der Waals surface area (Å²) >= 11 is 0. The fourth-order valence-electron chi connectivity index (χ4n) is 2.26. The van der Waals surface area contributed by atoms with E-state index in [1.807, 2.05) is 0 Å². The topological polar surface area (TPSA) is 261 Å². The first kappa shape index (κ1) is 26.6. The van der Waals surface area contributed by atoms with Crippen molar-refractivity contribution in [3.63, 3.8) is 0 Å². The van der Waals surface area contributed by atoms with Crippen LogP contribution in [0.4, 0.5) is 0 Å². The molecule has 0 bridgehead atoms. The van der Waals surface area contributed by atoms with Crippen LogP contribution in [-0.4, -0.2) is 75.7 Å². The molecular weight excluding hydrogens is 404 g/mol. The minimum absolute atomic E-state index is 0.0191. The van der Waals surface area contributed by atoms with Crippen LogP contribution in [0.1, 0.15) is 38.5 Å². The summed E-state index contributed by atoms with van der Waals surface area (Å²) in [6, 6.07) is -3.89. The number of carbonyl (C=O) groups excluding carboxylic acids is 2. The number of hydrogen-bond donors (Lipinski definition) is 8. The molecule has 0 aliphatic rings. The van der Waals surface area contributed by atoms with E-state index in [0.717, 1.165) is 0 Å². The number of rotatable bonds is 15. The number of hydrogen-bond acceptors (Lipinski definition) is 7. The van der Waals surface area contributed by atoms with Gasteiger partial charge in [0.25, 0.3) is 0 Å². The molecule has 0 heterocycles. The van der Waals surface area contributed by atoms with E-state index in [1.54, 1.807) is 0 Å². The highest BCUT2D eigenvalue weighted by Gasteiger charge is 2.28. The Bertz CT molecular complexity index is 664. The molecule has 14 nitrogen and oxygen atoms in total. The largest absolute Gasteiger partial charge is 0.481 e. The monoisotopic (exact) mass is 432 g/mol. The fraction of sp³-hybridized carbons (Fsp3) is 0.625. The SMILES string of the molecule is NC(N)=NCCCC(NC(=O)C(N)CCC(=O)O)C(=O)NC(CCC(=O)O)C(=O)O. The van der Waals surface area contributed by atoms with Gasteiger partial charge in [-0.1, -0.05) is 0 Å². The number of carbonyl (C=O) groups is 5. The number of carboxylic acid groups (broad SMARTS) is 3. The van der Waals surface area contributed by atoms with Crippen molar-refractivity contribution in [2.75, 3.05) is 6.54 Å².